The molecule has 26 heavy (non-hydrogen) atoms. The van der Waals surface area contributed by atoms with Gasteiger partial charge < -0.3 is 9.32 Å². The van der Waals surface area contributed by atoms with E-state index in [0.717, 1.165) is 11.1 Å². The zero-order valence-electron chi connectivity index (χ0n) is 15.4. The number of benzene rings is 2. The Labute approximate surface area is 153 Å². The van der Waals surface area contributed by atoms with Crippen molar-refractivity contribution < 1.29 is 9.21 Å². The van der Waals surface area contributed by atoms with E-state index < -0.39 is 0 Å². The van der Waals surface area contributed by atoms with Crippen molar-refractivity contribution in [3.05, 3.63) is 81.7 Å². The van der Waals surface area contributed by atoms with E-state index >= 15 is 0 Å². The molecule has 0 unspecified atom stereocenters. The summed E-state index contributed by atoms with van der Waals surface area (Å²) in [5.41, 5.74) is 3.01. The molecule has 3 aromatic rings. The standard InChI is InChI=1S/C22H23NO3/c1-15(2)22(25)23(12-17-7-5-4-6-8-17)13-18-14-26-20-10-9-16(3)11-19(20)21(18)24/h4-11,14-15H,12-13H2,1-3H3. The number of nitrogens with zero attached hydrogens (tertiary/aromatic N) is 1. The molecule has 4 heteroatoms. The molecule has 0 atom stereocenters. The van der Waals surface area contributed by atoms with Crippen LogP contribution in [0.25, 0.3) is 11.0 Å². The third-order valence-electron chi connectivity index (χ3n) is 4.38. The van der Waals surface area contributed by atoms with E-state index in [1.54, 1.807) is 11.0 Å². The van der Waals surface area contributed by atoms with Crippen LogP contribution in [0.3, 0.4) is 0 Å². The molecule has 0 aliphatic rings. The fourth-order valence-corrected chi connectivity index (χ4v) is 2.98. The van der Waals surface area contributed by atoms with Gasteiger partial charge in [0.25, 0.3) is 0 Å². The largest absolute Gasteiger partial charge is 0.464 e. The summed E-state index contributed by atoms with van der Waals surface area (Å²) < 4.78 is 5.63. The second kappa shape index (κ2) is 7.56. The molecule has 0 aliphatic carbocycles. The number of aryl methyl sites for hydroxylation is 1. The minimum atomic E-state index is -0.145. The molecule has 0 N–H and O–H groups in total. The van der Waals surface area contributed by atoms with Gasteiger partial charge in [0, 0.05) is 12.5 Å². The van der Waals surface area contributed by atoms with E-state index in [9.17, 15) is 9.59 Å². The Bertz CT molecular complexity index is 974. The highest BCUT2D eigenvalue weighted by molar-refractivity contribution is 5.79. The molecule has 134 valence electrons. The van der Waals surface area contributed by atoms with Crippen molar-refractivity contribution in [2.75, 3.05) is 0 Å². The molecular weight excluding hydrogens is 326 g/mol. The number of hydrogen-bond donors (Lipinski definition) is 0. The third kappa shape index (κ3) is 3.85. The minimum absolute atomic E-state index is 0.0117. The number of amides is 1. The van der Waals surface area contributed by atoms with Crippen molar-refractivity contribution in [1.29, 1.82) is 0 Å². The van der Waals surface area contributed by atoms with Crippen LogP contribution in [0.2, 0.25) is 0 Å². The second-order valence-corrected chi connectivity index (χ2v) is 6.92. The van der Waals surface area contributed by atoms with Gasteiger partial charge in [-0.05, 0) is 24.6 Å². The van der Waals surface area contributed by atoms with Crippen molar-refractivity contribution in [3.8, 4) is 0 Å². The lowest BCUT2D eigenvalue weighted by atomic mass is 10.1. The summed E-state index contributed by atoms with van der Waals surface area (Å²) in [6.45, 7) is 6.37. The molecule has 3 rings (SSSR count). The van der Waals surface area contributed by atoms with E-state index in [1.165, 1.54) is 6.26 Å². The predicted octanol–water partition coefficient (Wildman–Crippen LogP) is 4.29. The molecule has 1 aromatic heterocycles. The molecule has 0 aliphatic heterocycles. The van der Waals surface area contributed by atoms with E-state index in [4.69, 9.17) is 4.42 Å². The van der Waals surface area contributed by atoms with Crippen LogP contribution in [0.5, 0.6) is 0 Å². The van der Waals surface area contributed by atoms with Crippen LogP contribution in [-0.2, 0) is 17.9 Å². The van der Waals surface area contributed by atoms with Crippen molar-refractivity contribution in [3.63, 3.8) is 0 Å². The summed E-state index contributed by atoms with van der Waals surface area (Å²) in [5, 5.41) is 0.555. The first-order valence-corrected chi connectivity index (χ1v) is 8.79. The molecule has 0 saturated carbocycles. The fourth-order valence-electron chi connectivity index (χ4n) is 2.98. The number of hydrogen-bond acceptors (Lipinski definition) is 3. The Morgan fingerprint density at radius 3 is 2.50 bits per heavy atom. The fraction of sp³-hybridized carbons (Fsp3) is 0.273. The van der Waals surface area contributed by atoms with E-state index in [2.05, 4.69) is 0 Å². The lowest BCUT2D eigenvalue weighted by Gasteiger charge is -2.24. The maximum Gasteiger partial charge on any atom is 0.225 e. The third-order valence-corrected chi connectivity index (χ3v) is 4.38. The number of fused-ring (bicyclic) bond motifs is 1. The molecule has 1 amide bonds. The maximum absolute atomic E-state index is 12.9. The lowest BCUT2D eigenvalue weighted by Crippen LogP contribution is -2.34. The van der Waals surface area contributed by atoms with Crippen molar-refractivity contribution in [2.24, 2.45) is 5.92 Å². The molecule has 0 bridgehead atoms. The molecule has 2 aromatic carbocycles. The van der Waals surface area contributed by atoms with Gasteiger partial charge in [0.2, 0.25) is 5.91 Å². The zero-order chi connectivity index (χ0) is 18.7. The smallest absolute Gasteiger partial charge is 0.225 e. The Morgan fingerprint density at radius 1 is 1.08 bits per heavy atom. The van der Waals surface area contributed by atoms with Gasteiger partial charge in [0.05, 0.1) is 23.8 Å². The van der Waals surface area contributed by atoms with Gasteiger partial charge >= 0.3 is 0 Å². The van der Waals surface area contributed by atoms with Gasteiger partial charge in [-0.15, -0.1) is 0 Å². The van der Waals surface area contributed by atoms with E-state index in [0.29, 0.717) is 23.1 Å². The van der Waals surface area contributed by atoms with Gasteiger partial charge in [-0.1, -0.05) is 55.8 Å². The zero-order valence-corrected chi connectivity index (χ0v) is 15.4. The maximum atomic E-state index is 12.9. The molecule has 0 fully saturated rings. The van der Waals surface area contributed by atoms with Crippen LogP contribution in [0.1, 0.15) is 30.5 Å². The topological polar surface area (TPSA) is 50.5 Å². The summed E-state index contributed by atoms with van der Waals surface area (Å²) in [7, 11) is 0. The SMILES string of the molecule is Cc1ccc2occ(CN(Cc3ccccc3)C(=O)C(C)C)c(=O)c2c1. The molecule has 0 radical (unpaired) electrons. The van der Waals surface area contributed by atoms with E-state index in [-0.39, 0.29) is 23.8 Å². The van der Waals surface area contributed by atoms with Crippen LogP contribution in [-0.4, -0.2) is 10.8 Å². The normalized spacial score (nSPS) is 11.1. The predicted molar refractivity (Wildman–Crippen MR) is 103 cm³/mol. The lowest BCUT2D eigenvalue weighted by molar-refractivity contribution is -0.135. The number of rotatable bonds is 5. The van der Waals surface area contributed by atoms with Crippen LogP contribution < -0.4 is 5.43 Å². The van der Waals surface area contributed by atoms with Crippen LogP contribution >= 0.6 is 0 Å². The summed E-state index contributed by atoms with van der Waals surface area (Å²) in [5.74, 6) is -0.133. The van der Waals surface area contributed by atoms with Gasteiger partial charge in [0.1, 0.15) is 5.58 Å². The molecular formula is C22H23NO3. The average Bonchev–Trinajstić information content (AvgIpc) is 2.64. The van der Waals surface area contributed by atoms with Crippen LogP contribution in [0, 0.1) is 12.8 Å². The van der Waals surface area contributed by atoms with Crippen molar-refractivity contribution >= 4 is 16.9 Å². The summed E-state index contributed by atoms with van der Waals surface area (Å²) in [4.78, 5) is 27.3. The van der Waals surface area contributed by atoms with E-state index in [1.807, 2.05) is 63.2 Å². The number of carbonyl (C=O) groups is 1. The van der Waals surface area contributed by atoms with Gasteiger partial charge in [-0.2, -0.15) is 0 Å². The first-order valence-electron chi connectivity index (χ1n) is 8.79. The van der Waals surface area contributed by atoms with Crippen LogP contribution in [0.15, 0.2) is 64.0 Å². The minimum Gasteiger partial charge on any atom is -0.464 e. The Morgan fingerprint density at radius 2 is 1.81 bits per heavy atom. The molecule has 0 spiro atoms. The molecule has 4 nitrogen and oxygen atoms in total. The quantitative estimate of drug-likeness (QED) is 0.690. The van der Waals surface area contributed by atoms with Crippen molar-refractivity contribution in [2.45, 2.75) is 33.9 Å². The van der Waals surface area contributed by atoms with Gasteiger partial charge in [0.15, 0.2) is 5.43 Å². The summed E-state index contributed by atoms with van der Waals surface area (Å²) >= 11 is 0. The average molecular weight is 349 g/mol. The Hall–Kier alpha value is -2.88. The van der Waals surface area contributed by atoms with Gasteiger partial charge in [-0.3, -0.25) is 9.59 Å². The number of carbonyl (C=O) groups excluding carboxylic acids is 1. The van der Waals surface area contributed by atoms with Crippen molar-refractivity contribution in [1.82, 2.24) is 4.90 Å². The first-order chi connectivity index (χ1) is 12.5. The highest BCUT2D eigenvalue weighted by atomic mass is 16.3. The Balaban J connectivity index is 1.96. The molecule has 0 saturated heterocycles. The van der Waals surface area contributed by atoms with Gasteiger partial charge in [-0.25, -0.2) is 0 Å². The Kier molecular flexibility index (Phi) is 5.21. The monoisotopic (exact) mass is 349 g/mol. The highest BCUT2D eigenvalue weighted by Crippen LogP contribution is 2.16. The summed E-state index contributed by atoms with van der Waals surface area (Å²) in [6, 6.07) is 15.3. The highest BCUT2D eigenvalue weighted by Gasteiger charge is 2.20. The molecule has 1 heterocycles. The van der Waals surface area contributed by atoms with Crippen LogP contribution in [0.4, 0.5) is 0 Å². The first kappa shape index (κ1) is 17.9. The second-order valence-electron chi connectivity index (χ2n) is 6.92. The summed E-state index contributed by atoms with van der Waals surface area (Å²) in [6.07, 6.45) is 1.48.